The fraction of sp³-hybridized carbons (Fsp3) is 0.846. The van der Waals surface area contributed by atoms with Crippen molar-refractivity contribution in [3.05, 3.63) is 0 Å². The van der Waals surface area contributed by atoms with E-state index >= 15 is 0 Å². The quantitative estimate of drug-likeness (QED) is 0.807. The molecule has 1 aliphatic carbocycles. The molecular formula is C13H21NO4. The number of ether oxygens (including phenoxy) is 1. The number of hydrogen-bond acceptors (Lipinski definition) is 3. The fourth-order valence-electron chi connectivity index (χ4n) is 2.91. The molecule has 0 aromatic heterocycles. The number of morpholine rings is 1. The summed E-state index contributed by atoms with van der Waals surface area (Å²) in [6.45, 7) is 3.03. The Labute approximate surface area is 107 Å². The molecule has 5 nitrogen and oxygen atoms in total. The first-order chi connectivity index (χ1) is 8.53. The van der Waals surface area contributed by atoms with Crippen LogP contribution in [-0.2, 0) is 14.3 Å². The number of nitrogens with zero attached hydrogens (tertiary/aromatic N) is 1. The summed E-state index contributed by atoms with van der Waals surface area (Å²) in [5, 5.41) is 8.95. The highest BCUT2D eigenvalue weighted by molar-refractivity contribution is 5.83. The van der Waals surface area contributed by atoms with Crippen LogP contribution in [0.1, 0.15) is 39.0 Å². The predicted molar refractivity (Wildman–Crippen MR) is 65.1 cm³/mol. The van der Waals surface area contributed by atoms with Crippen molar-refractivity contribution in [3.63, 3.8) is 0 Å². The van der Waals surface area contributed by atoms with Crippen molar-refractivity contribution in [3.8, 4) is 0 Å². The van der Waals surface area contributed by atoms with Gasteiger partial charge in [-0.05, 0) is 12.8 Å². The van der Waals surface area contributed by atoms with Gasteiger partial charge in [-0.25, -0.2) is 4.79 Å². The molecule has 0 aromatic carbocycles. The molecule has 1 heterocycles. The van der Waals surface area contributed by atoms with Gasteiger partial charge in [-0.2, -0.15) is 0 Å². The summed E-state index contributed by atoms with van der Waals surface area (Å²) in [5.74, 6) is -0.877. The van der Waals surface area contributed by atoms with E-state index in [9.17, 15) is 9.59 Å². The van der Waals surface area contributed by atoms with Crippen molar-refractivity contribution in [1.82, 2.24) is 4.90 Å². The van der Waals surface area contributed by atoms with E-state index in [1.165, 1.54) is 6.42 Å². The zero-order valence-electron chi connectivity index (χ0n) is 10.9. The number of hydrogen-bond donors (Lipinski definition) is 1. The number of carbonyl (C=O) groups is 2. The van der Waals surface area contributed by atoms with E-state index < -0.39 is 12.1 Å². The van der Waals surface area contributed by atoms with Crippen molar-refractivity contribution in [2.75, 3.05) is 19.7 Å². The van der Waals surface area contributed by atoms with Crippen molar-refractivity contribution >= 4 is 11.9 Å². The lowest BCUT2D eigenvalue weighted by Crippen LogP contribution is -2.53. The maximum absolute atomic E-state index is 12.5. The Morgan fingerprint density at radius 2 is 1.94 bits per heavy atom. The van der Waals surface area contributed by atoms with Gasteiger partial charge in [-0.15, -0.1) is 0 Å². The van der Waals surface area contributed by atoms with E-state index in [1.807, 2.05) is 6.92 Å². The van der Waals surface area contributed by atoms with Crippen molar-refractivity contribution in [1.29, 1.82) is 0 Å². The average Bonchev–Trinajstić information content (AvgIpc) is 2.39. The molecule has 102 valence electrons. The fourth-order valence-corrected chi connectivity index (χ4v) is 2.91. The van der Waals surface area contributed by atoms with Gasteiger partial charge < -0.3 is 14.7 Å². The van der Waals surface area contributed by atoms with Gasteiger partial charge >= 0.3 is 5.97 Å². The largest absolute Gasteiger partial charge is 0.479 e. The summed E-state index contributed by atoms with van der Waals surface area (Å²) < 4.78 is 5.15. The number of carbonyl (C=O) groups excluding carboxylic acids is 1. The minimum absolute atomic E-state index is 0.108. The first-order valence-electron chi connectivity index (χ1n) is 6.67. The van der Waals surface area contributed by atoms with Gasteiger partial charge in [0.25, 0.3) is 0 Å². The third-order valence-corrected chi connectivity index (χ3v) is 4.10. The van der Waals surface area contributed by atoms with Crippen molar-refractivity contribution in [2.24, 2.45) is 5.41 Å². The minimum atomic E-state index is -0.985. The Morgan fingerprint density at radius 3 is 2.56 bits per heavy atom. The van der Waals surface area contributed by atoms with Gasteiger partial charge in [-0.1, -0.05) is 26.2 Å². The molecule has 1 atom stereocenters. The molecule has 1 saturated carbocycles. The van der Waals surface area contributed by atoms with E-state index in [2.05, 4.69) is 0 Å². The molecule has 5 heteroatoms. The Bertz CT molecular complexity index is 336. The van der Waals surface area contributed by atoms with Crippen LogP contribution in [0.5, 0.6) is 0 Å². The number of carboxylic acid groups (broad SMARTS) is 1. The molecule has 2 fully saturated rings. The molecule has 2 aliphatic rings. The van der Waals surface area contributed by atoms with Crippen molar-refractivity contribution < 1.29 is 19.4 Å². The third-order valence-electron chi connectivity index (χ3n) is 4.10. The average molecular weight is 255 g/mol. The first-order valence-corrected chi connectivity index (χ1v) is 6.67. The van der Waals surface area contributed by atoms with Crippen LogP contribution >= 0.6 is 0 Å². The van der Waals surface area contributed by atoms with Gasteiger partial charge in [0.2, 0.25) is 5.91 Å². The highest BCUT2D eigenvalue weighted by Gasteiger charge is 2.40. The van der Waals surface area contributed by atoms with E-state index in [4.69, 9.17) is 9.84 Å². The van der Waals surface area contributed by atoms with Crippen LogP contribution in [0.25, 0.3) is 0 Å². The summed E-state index contributed by atoms with van der Waals surface area (Å²) >= 11 is 0. The second-order valence-corrected chi connectivity index (χ2v) is 5.57. The molecule has 1 unspecified atom stereocenters. The molecule has 1 saturated heterocycles. The maximum Gasteiger partial charge on any atom is 0.334 e. The van der Waals surface area contributed by atoms with Gasteiger partial charge in [0, 0.05) is 12.0 Å². The van der Waals surface area contributed by atoms with E-state index in [1.54, 1.807) is 4.90 Å². The Balaban J connectivity index is 2.01. The molecule has 1 aliphatic heterocycles. The second kappa shape index (κ2) is 5.26. The zero-order valence-corrected chi connectivity index (χ0v) is 10.9. The van der Waals surface area contributed by atoms with Crippen LogP contribution in [0, 0.1) is 5.41 Å². The number of amides is 1. The molecule has 18 heavy (non-hydrogen) atoms. The minimum Gasteiger partial charge on any atom is -0.479 e. The monoisotopic (exact) mass is 255 g/mol. The lowest BCUT2D eigenvalue weighted by Gasteiger charge is -2.39. The third kappa shape index (κ3) is 2.66. The molecule has 0 spiro atoms. The molecule has 1 N–H and O–H groups in total. The van der Waals surface area contributed by atoms with Gasteiger partial charge in [0.05, 0.1) is 13.2 Å². The zero-order chi connectivity index (χ0) is 13.2. The Kier molecular flexibility index (Phi) is 3.90. The molecule has 0 radical (unpaired) electrons. The number of rotatable bonds is 2. The highest BCUT2D eigenvalue weighted by Crippen LogP contribution is 2.37. The summed E-state index contributed by atoms with van der Waals surface area (Å²) in [4.78, 5) is 25.1. The normalized spacial score (nSPS) is 27.8. The van der Waals surface area contributed by atoms with E-state index in [0.717, 1.165) is 25.7 Å². The molecule has 2 rings (SSSR count). The van der Waals surface area contributed by atoms with Crippen molar-refractivity contribution in [2.45, 2.75) is 45.1 Å². The molecular weight excluding hydrogens is 234 g/mol. The predicted octanol–water partition coefficient (Wildman–Crippen LogP) is 1.27. The summed E-state index contributed by atoms with van der Waals surface area (Å²) in [5.41, 5.74) is -0.293. The Morgan fingerprint density at radius 1 is 1.28 bits per heavy atom. The van der Waals surface area contributed by atoms with Gasteiger partial charge in [-0.3, -0.25) is 4.79 Å². The van der Waals surface area contributed by atoms with E-state index in [-0.39, 0.29) is 17.9 Å². The Hall–Kier alpha value is -1.10. The van der Waals surface area contributed by atoms with Crippen LogP contribution in [0.2, 0.25) is 0 Å². The van der Waals surface area contributed by atoms with Crippen LogP contribution in [0.15, 0.2) is 0 Å². The number of aliphatic carboxylic acids is 1. The summed E-state index contributed by atoms with van der Waals surface area (Å²) in [6.07, 6.45) is 4.35. The maximum atomic E-state index is 12.5. The molecule has 0 aromatic rings. The summed E-state index contributed by atoms with van der Waals surface area (Å²) in [6, 6.07) is 0. The van der Waals surface area contributed by atoms with Crippen LogP contribution in [0.3, 0.4) is 0 Å². The lowest BCUT2D eigenvalue weighted by atomic mass is 9.74. The highest BCUT2D eigenvalue weighted by atomic mass is 16.5. The second-order valence-electron chi connectivity index (χ2n) is 5.57. The molecule has 1 amide bonds. The number of carboxylic acids is 1. The SMILES string of the molecule is CC1(C(=O)N2CCOC(C(=O)O)C2)CCCCC1. The van der Waals surface area contributed by atoms with Gasteiger partial charge in [0.15, 0.2) is 6.10 Å². The van der Waals surface area contributed by atoms with Crippen LogP contribution in [0.4, 0.5) is 0 Å². The smallest absolute Gasteiger partial charge is 0.334 e. The van der Waals surface area contributed by atoms with E-state index in [0.29, 0.717) is 13.2 Å². The standard InChI is InChI=1S/C13H21NO4/c1-13(5-3-2-4-6-13)12(17)14-7-8-18-10(9-14)11(15)16/h10H,2-9H2,1H3,(H,15,16). The topological polar surface area (TPSA) is 66.8 Å². The van der Waals surface area contributed by atoms with Crippen LogP contribution in [-0.4, -0.2) is 47.7 Å². The molecule has 0 bridgehead atoms. The lowest BCUT2D eigenvalue weighted by molar-refractivity contribution is -0.163. The van der Waals surface area contributed by atoms with Gasteiger partial charge in [0.1, 0.15) is 0 Å². The van der Waals surface area contributed by atoms with Crippen LogP contribution < -0.4 is 0 Å². The first kappa shape index (κ1) is 13.3. The summed E-state index contributed by atoms with van der Waals surface area (Å²) in [7, 11) is 0.